The SMILES string of the molecule is CCOc1ccc(OCCNC(=O)NC(C)c2ccccc2)cc1. The Morgan fingerprint density at radius 2 is 1.62 bits per heavy atom. The van der Waals surface area contributed by atoms with Crippen molar-refractivity contribution in [3.63, 3.8) is 0 Å². The molecule has 1 atom stereocenters. The van der Waals surface area contributed by atoms with E-state index in [-0.39, 0.29) is 12.1 Å². The summed E-state index contributed by atoms with van der Waals surface area (Å²) in [5.41, 5.74) is 1.07. The molecule has 0 saturated carbocycles. The molecule has 5 nitrogen and oxygen atoms in total. The number of benzene rings is 2. The Labute approximate surface area is 143 Å². The second-order valence-corrected chi connectivity index (χ2v) is 5.29. The second-order valence-electron chi connectivity index (χ2n) is 5.29. The van der Waals surface area contributed by atoms with Gasteiger partial charge in [0.15, 0.2) is 0 Å². The van der Waals surface area contributed by atoms with E-state index in [0.29, 0.717) is 19.8 Å². The topological polar surface area (TPSA) is 59.6 Å². The molecule has 2 aromatic carbocycles. The van der Waals surface area contributed by atoms with Gasteiger partial charge in [-0.15, -0.1) is 0 Å². The van der Waals surface area contributed by atoms with Gasteiger partial charge in [-0.1, -0.05) is 30.3 Å². The van der Waals surface area contributed by atoms with Gasteiger partial charge in [-0.25, -0.2) is 4.79 Å². The van der Waals surface area contributed by atoms with Crippen LogP contribution in [0.4, 0.5) is 4.79 Å². The average Bonchev–Trinajstić information content (AvgIpc) is 2.61. The summed E-state index contributed by atoms with van der Waals surface area (Å²) < 4.78 is 11.0. The van der Waals surface area contributed by atoms with E-state index in [9.17, 15) is 4.79 Å². The minimum absolute atomic E-state index is 0.0433. The molecule has 2 amide bonds. The molecule has 2 N–H and O–H groups in total. The number of rotatable bonds is 8. The highest BCUT2D eigenvalue weighted by Gasteiger charge is 2.08. The van der Waals surface area contributed by atoms with Crippen LogP contribution in [-0.2, 0) is 0 Å². The first-order valence-electron chi connectivity index (χ1n) is 8.14. The molecule has 5 heteroatoms. The van der Waals surface area contributed by atoms with Crippen LogP contribution in [0.15, 0.2) is 54.6 Å². The summed E-state index contributed by atoms with van der Waals surface area (Å²) in [5.74, 6) is 1.57. The minimum Gasteiger partial charge on any atom is -0.494 e. The zero-order chi connectivity index (χ0) is 17.2. The highest BCUT2D eigenvalue weighted by Crippen LogP contribution is 2.17. The van der Waals surface area contributed by atoms with Crippen LogP contribution in [0.25, 0.3) is 0 Å². The Morgan fingerprint density at radius 1 is 1.00 bits per heavy atom. The third-order valence-corrected chi connectivity index (χ3v) is 3.44. The number of nitrogens with one attached hydrogen (secondary N) is 2. The highest BCUT2D eigenvalue weighted by atomic mass is 16.5. The van der Waals surface area contributed by atoms with Crippen molar-refractivity contribution >= 4 is 6.03 Å². The van der Waals surface area contributed by atoms with Crippen LogP contribution in [0.1, 0.15) is 25.5 Å². The molecular weight excluding hydrogens is 304 g/mol. The van der Waals surface area contributed by atoms with Gasteiger partial charge in [-0.3, -0.25) is 0 Å². The Hall–Kier alpha value is -2.69. The van der Waals surface area contributed by atoms with Crippen LogP contribution in [0.5, 0.6) is 11.5 Å². The first-order valence-corrected chi connectivity index (χ1v) is 8.14. The van der Waals surface area contributed by atoms with E-state index >= 15 is 0 Å². The molecule has 128 valence electrons. The zero-order valence-corrected chi connectivity index (χ0v) is 14.1. The van der Waals surface area contributed by atoms with Gasteiger partial charge in [-0.05, 0) is 43.7 Å². The number of carbonyl (C=O) groups excluding carboxylic acids is 1. The lowest BCUT2D eigenvalue weighted by Crippen LogP contribution is -2.38. The molecule has 0 bridgehead atoms. The summed E-state index contributed by atoms with van der Waals surface area (Å²) in [6, 6.07) is 17.0. The Morgan fingerprint density at radius 3 is 2.25 bits per heavy atom. The Kier molecular flexibility index (Phi) is 6.95. The van der Waals surface area contributed by atoms with Crippen molar-refractivity contribution < 1.29 is 14.3 Å². The fraction of sp³-hybridized carbons (Fsp3) is 0.316. The van der Waals surface area contributed by atoms with Crippen LogP contribution < -0.4 is 20.1 Å². The first-order chi connectivity index (χ1) is 11.7. The second kappa shape index (κ2) is 9.45. The summed E-state index contributed by atoms with van der Waals surface area (Å²) in [7, 11) is 0. The number of carbonyl (C=O) groups is 1. The lowest BCUT2D eigenvalue weighted by atomic mass is 10.1. The molecule has 0 aliphatic carbocycles. The maximum Gasteiger partial charge on any atom is 0.315 e. The summed E-state index contributed by atoms with van der Waals surface area (Å²) >= 11 is 0. The van der Waals surface area contributed by atoms with Crippen molar-refractivity contribution in [3.8, 4) is 11.5 Å². The van der Waals surface area contributed by atoms with Gasteiger partial charge in [0, 0.05) is 0 Å². The van der Waals surface area contributed by atoms with Crippen molar-refractivity contribution in [1.29, 1.82) is 0 Å². The molecular formula is C19H24N2O3. The molecule has 0 aliphatic rings. The number of ether oxygens (including phenoxy) is 2. The van der Waals surface area contributed by atoms with E-state index in [4.69, 9.17) is 9.47 Å². The van der Waals surface area contributed by atoms with E-state index in [0.717, 1.165) is 17.1 Å². The molecule has 24 heavy (non-hydrogen) atoms. The van der Waals surface area contributed by atoms with Gasteiger partial charge in [0.05, 0.1) is 19.2 Å². The zero-order valence-electron chi connectivity index (χ0n) is 14.1. The summed E-state index contributed by atoms with van der Waals surface area (Å²) in [5, 5.41) is 5.68. The van der Waals surface area contributed by atoms with Crippen LogP contribution >= 0.6 is 0 Å². The Bertz CT molecular complexity index is 614. The van der Waals surface area contributed by atoms with Crippen LogP contribution in [-0.4, -0.2) is 25.8 Å². The van der Waals surface area contributed by atoms with Crippen molar-refractivity contribution in [2.45, 2.75) is 19.9 Å². The molecule has 0 fully saturated rings. The van der Waals surface area contributed by atoms with E-state index < -0.39 is 0 Å². The molecule has 0 aliphatic heterocycles. The van der Waals surface area contributed by atoms with E-state index in [2.05, 4.69) is 10.6 Å². The highest BCUT2D eigenvalue weighted by molar-refractivity contribution is 5.74. The summed E-state index contributed by atoms with van der Waals surface area (Å²) in [4.78, 5) is 11.9. The number of urea groups is 1. The molecule has 0 spiro atoms. The molecule has 2 aromatic rings. The maximum atomic E-state index is 11.9. The molecule has 0 saturated heterocycles. The van der Waals surface area contributed by atoms with Crippen LogP contribution in [0, 0.1) is 0 Å². The van der Waals surface area contributed by atoms with Crippen LogP contribution in [0.3, 0.4) is 0 Å². The maximum absolute atomic E-state index is 11.9. The largest absolute Gasteiger partial charge is 0.494 e. The lowest BCUT2D eigenvalue weighted by molar-refractivity contribution is 0.233. The average molecular weight is 328 g/mol. The van der Waals surface area contributed by atoms with Gasteiger partial charge >= 0.3 is 6.03 Å². The van der Waals surface area contributed by atoms with Crippen LogP contribution in [0.2, 0.25) is 0 Å². The number of hydrogen-bond acceptors (Lipinski definition) is 3. The van der Waals surface area contributed by atoms with Gasteiger partial charge < -0.3 is 20.1 Å². The number of amides is 2. The van der Waals surface area contributed by atoms with Gasteiger partial charge in [0.1, 0.15) is 18.1 Å². The van der Waals surface area contributed by atoms with E-state index in [1.54, 1.807) is 0 Å². The predicted octanol–water partition coefficient (Wildman–Crippen LogP) is 3.52. The quantitative estimate of drug-likeness (QED) is 0.729. The monoisotopic (exact) mass is 328 g/mol. The summed E-state index contributed by atoms with van der Waals surface area (Å²) in [6.45, 7) is 5.37. The molecule has 0 aromatic heterocycles. The van der Waals surface area contributed by atoms with Crippen molar-refractivity contribution in [2.24, 2.45) is 0 Å². The van der Waals surface area contributed by atoms with Crippen molar-refractivity contribution in [2.75, 3.05) is 19.8 Å². The molecule has 2 rings (SSSR count). The fourth-order valence-corrected chi connectivity index (χ4v) is 2.20. The number of hydrogen-bond donors (Lipinski definition) is 2. The first kappa shape index (κ1) is 17.7. The fourth-order valence-electron chi connectivity index (χ4n) is 2.20. The lowest BCUT2D eigenvalue weighted by Gasteiger charge is -2.15. The third-order valence-electron chi connectivity index (χ3n) is 3.44. The Balaban J connectivity index is 1.65. The third kappa shape index (κ3) is 5.83. The van der Waals surface area contributed by atoms with E-state index in [1.807, 2.05) is 68.4 Å². The standard InChI is InChI=1S/C19H24N2O3/c1-3-23-17-9-11-18(12-10-17)24-14-13-20-19(22)21-15(2)16-7-5-4-6-8-16/h4-12,15H,3,13-14H2,1-2H3,(H2,20,21,22). The molecule has 0 heterocycles. The van der Waals surface area contributed by atoms with Gasteiger partial charge in [-0.2, -0.15) is 0 Å². The smallest absolute Gasteiger partial charge is 0.315 e. The predicted molar refractivity (Wildman–Crippen MR) is 94.5 cm³/mol. The minimum atomic E-state index is -0.207. The molecule has 1 unspecified atom stereocenters. The van der Waals surface area contributed by atoms with Crippen molar-refractivity contribution in [3.05, 3.63) is 60.2 Å². The summed E-state index contributed by atoms with van der Waals surface area (Å²) in [6.07, 6.45) is 0. The van der Waals surface area contributed by atoms with Gasteiger partial charge in [0.2, 0.25) is 0 Å². The van der Waals surface area contributed by atoms with Gasteiger partial charge in [0.25, 0.3) is 0 Å². The van der Waals surface area contributed by atoms with E-state index in [1.165, 1.54) is 0 Å². The van der Waals surface area contributed by atoms with Crippen molar-refractivity contribution in [1.82, 2.24) is 10.6 Å². The normalized spacial score (nSPS) is 11.4. The molecule has 0 radical (unpaired) electrons.